The maximum atomic E-state index is 12.9. The average molecular weight is 448 g/mol. The van der Waals surface area contributed by atoms with Gasteiger partial charge in [-0.1, -0.05) is 18.2 Å². The van der Waals surface area contributed by atoms with Gasteiger partial charge in [-0.15, -0.1) is 0 Å². The molecule has 2 N–H and O–H groups in total. The van der Waals surface area contributed by atoms with Gasteiger partial charge in [0.15, 0.2) is 11.5 Å². The summed E-state index contributed by atoms with van der Waals surface area (Å²) in [5, 5.41) is 15.2. The number of aromatic nitrogens is 4. The molecule has 8 heteroatoms. The molecule has 3 heterocycles. The summed E-state index contributed by atoms with van der Waals surface area (Å²) in [5.74, 6) is 0.310. The van der Waals surface area contributed by atoms with Crippen molar-refractivity contribution in [2.24, 2.45) is 0 Å². The molecule has 0 aliphatic rings. The molecule has 5 rings (SSSR count). The Bertz CT molecular complexity index is 1310. The SMILES string of the molecule is O=C(Nc1cc(Br)c2[nH]ncc2c1)c1cc(-c2ccco2)n(-c2ccccc2)n1. The van der Waals surface area contributed by atoms with Crippen LogP contribution in [0.5, 0.6) is 0 Å². The zero-order chi connectivity index (χ0) is 19.8. The van der Waals surface area contributed by atoms with E-state index < -0.39 is 0 Å². The first-order valence-corrected chi connectivity index (χ1v) is 9.62. The van der Waals surface area contributed by atoms with Crippen LogP contribution in [0.3, 0.4) is 0 Å². The molecule has 0 fully saturated rings. The number of anilines is 1. The van der Waals surface area contributed by atoms with Gasteiger partial charge in [0.05, 0.1) is 23.7 Å². The average Bonchev–Trinajstić information content (AvgIpc) is 3.48. The van der Waals surface area contributed by atoms with Crippen LogP contribution >= 0.6 is 15.9 Å². The molecule has 7 nitrogen and oxygen atoms in total. The van der Waals surface area contributed by atoms with E-state index in [-0.39, 0.29) is 11.6 Å². The Labute approximate surface area is 173 Å². The van der Waals surface area contributed by atoms with Crippen LogP contribution in [0.25, 0.3) is 28.0 Å². The molecule has 0 saturated carbocycles. The first-order chi connectivity index (χ1) is 14.2. The third-order valence-corrected chi connectivity index (χ3v) is 5.10. The highest BCUT2D eigenvalue weighted by molar-refractivity contribution is 9.10. The molecule has 0 spiro atoms. The highest BCUT2D eigenvalue weighted by Gasteiger charge is 2.19. The maximum Gasteiger partial charge on any atom is 0.276 e. The zero-order valence-electron chi connectivity index (χ0n) is 15.0. The predicted molar refractivity (Wildman–Crippen MR) is 113 cm³/mol. The summed E-state index contributed by atoms with van der Waals surface area (Å²) >= 11 is 3.49. The van der Waals surface area contributed by atoms with Gasteiger partial charge in [-0.3, -0.25) is 9.89 Å². The van der Waals surface area contributed by atoms with Crippen LogP contribution in [0.2, 0.25) is 0 Å². The number of para-hydroxylation sites is 1. The van der Waals surface area contributed by atoms with Gasteiger partial charge >= 0.3 is 0 Å². The van der Waals surface area contributed by atoms with Gasteiger partial charge in [-0.05, 0) is 52.3 Å². The summed E-state index contributed by atoms with van der Waals surface area (Å²) in [6.45, 7) is 0. The number of benzene rings is 2. The largest absolute Gasteiger partial charge is 0.463 e. The van der Waals surface area contributed by atoms with Crippen LogP contribution in [-0.4, -0.2) is 25.9 Å². The van der Waals surface area contributed by atoms with Gasteiger partial charge in [-0.25, -0.2) is 4.68 Å². The molecule has 0 unspecified atom stereocenters. The minimum absolute atomic E-state index is 0.281. The summed E-state index contributed by atoms with van der Waals surface area (Å²) in [6.07, 6.45) is 3.30. The molecule has 1 amide bonds. The second-order valence-electron chi connectivity index (χ2n) is 6.39. The van der Waals surface area contributed by atoms with Gasteiger partial charge < -0.3 is 9.73 Å². The van der Waals surface area contributed by atoms with Gasteiger partial charge in [0, 0.05) is 21.6 Å². The molecule has 0 atom stereocenters. The lowest BCUT2D eigenvalue weighted by Crippen LogP contribution is -2.13. The van der Waals surface area contributed by atoms with Crippen LogP contribution < -0.4 is 5.32 Å². The number of nitrogens with one attached hydrogen (secondary N) is 2. The topological polar surface area (TPSA) is 88.7 Å². The molecule has 0 aliphatic heterocycles. The lowest BCUT2D eigenvalue weighted by atomic mass is 10.2. The van der Waals surface area contributed by atoms with Crippen molar-refractivity contribution in [2.75, 3.05) is 5.32 Å². The van der Waals surface area contributed by atoms with Crippen molar-refractivity contribution in [3.05, 3.63) is 83.3 Å². The zero-order valence-corrected chi connectivity index (χ0v) is 16.6. The number of nitrogens with zero attached hydrogens (tertiary/aromatic N) is 3. The molecule has 0 aliphatic carbocycles. The molecule has 142 valence electrons. The van der Waals surface area contributed by atoms with Crippen LogP contribution in [0.1, 0.15) is 10.5 Å². The van der Waals surface area contributed by atoms with E-state index in [1.807, 2.05) is 48.5 Å². The molecular formula is C21H14BrN5O2. The summed E-state index contributed by atoms with van der Waals surface area (Å²) < 4.78 is 8.05. The number of furan rings is 1. The molecule has 3 aromatic heterocycles. The number of halogens is 1. The number of fused-ring (bicyclic) bond motifs is 1. The molecular weight excluding hydrogens is 434 g/mol. The fourth-order valence-electron chi connectivity index (χ4n) is 3.14. The number of H-pyrrole nitrogens is 1. The van der Waals surface area contributed by atoms with E-state index in [4.69, 9.17) is 4.42 Å². The fraction of sp³-hybridized carbons (Fsp3) is 0. The van der Waals surface area contributed by atoms with Crippen molar-refractivity contribution in [3.8, 4) is 17.1 Å². The number of amides is 1. The van der Waals surface area contributed by atoms with Crippen LogP contribution in [0.4, 0.5) is 5.69 Å². The second-order valence-corrected chi connectivity index (χ2v) is 7.24. The summed E-state index contributed by atoms with van der Waals surface area (Å²) in [4.78, 5) is 12.9. The Morgan fingerprint density at radius 3 is 2.76 bits per heavy atom. The Morgan fingerprint density at radius 1 is 1.10 bits per heavy atom. The van der Waals surface area contributed by atoms with Gasteiger partial charge in [0.2, 0.25) is 0 Å². The predicted octanol–water partition coefficient (Wildman–Crippen LogP) is 5.02. The van der Waals surface area contributed by atoms with E-state index in [2.05, 4.69) is 36.5 Å². The summed E-state index contributed by atoms with van der Waals surface area (Å²) in [7, 11) is 0. The van der Waals surface area contributed by atoms with E-state index >= 15 is 0 Å². The Hall–Kier alpha value is -3.65. The molecule has 29 heavy (non-hydrogen) atoms. The lowest BCUT2D eigenvalue weighted by molar-refractivity contribution is 0.102. The highest BCUT2D eigenvalue weighted by atomic mass is 79.9. The Balaban J connectivity index is 1.52. The van der Waals surface area contributed by atoms with E-state index in [1.54, 1.807) is 29.3 Å². The summed E-state index contributed by atoms with van der Waals surface area (Å²) in [5.41, 5.74) is 3.32. The smallest absolute Gasteiger partial charge is 0.276 e. The number of carbonyl (C=O) groups excluding carboxylic acids is 1. The minimum Gasteiger partial charge on any atom is -0.463 e. The molecule has 0 saturated heterocycles. The standard InChI is InChI=1S/C21H14BrN5O2/c22-16-10-14(9-13-12-23-25-20(13)16)24-21(28)17-11-18(19-7-4-8-29-19)27(26-17)15-5-2-1-3-6-15/h1-12H,(H,23,25)(H,24,28). The van der Waals surface area contributed by atoms with Crippen molar-refractivity contribution >= 4 is 38.4 Å². The normalized spacial score (nSPS) is 11.1. The first kappa shape index (κ1) is 17.4. The molecule has 5 aromatic rings. The van der Waals surface area contributed by atoms with Gasteiger partial charge in [0.25, 0.3) is 5.91 Å². The third kappa shape index (κ3) is 3.23. The van der Waals surface area contributed by atoms with E-state index in [0.29, 0.717) is 17.1 Å². The quantitative estimate of drug-likeness (QED) is 0.404. The number of hydrogen-bond acceptors (Lipinski definition) is 4. The van der Waals surface area contributed by atoms with Crippen LogP contribution in [0, 0.1) is 0 Å². The van der Waals surface area contributed by atoms with Crippen LogP contribution in [0.15, 0.2) is 82.0 Å². The third-order valence-electron chi connectivity index (χ3n) is 4.47. The van der Waals surface area contributed by atoms with E-state index in [1.165, 1.54) is 0 Å². The Morgan fingerprint density at radius 2 is 1.97 bits per heavy atom. The van der Waals surface area contributed by atoms with Crippen molar-refractivity contribution in [2.45, 2.75) is 0 Å². The number of rotatable bonds is 4. The van der Waals surface area contributed by atoms with Gasteiger partial charge in [-0.2, -0.15) is 10.2 Å². The number of carbonyl (C=O) groups is 1. The number of aromatic amines is 1. The van der Waals surface area contributed by atoms with Crippen molar-refractivity contribution in [1.29, 1.82) is 0 Å². The summed E-state index contributed by atoms with van der Waals surface area (Å²) in [6, 6.07) is 18.6. The monoisotopic (exact) mass is 447 g/mol. The van der Waals surface area contributed by atoms with Crippen molar-refractivity contribution in [3.63, 3.8) is 0 Å². The van der Waals surface area contributed by atoms with Gasteiger partial charge in [0.1, 0.15) is 5.69 Å². The molecule has 0 radical (unpaired) electrons. The second kappa shape index (κ2) is 7.06. The number of hydrogen-bond donors (Lipinski definition) is 2. The fourth-order valence-corrected chi connectivity index (χ4v) is 3.70. The maximum absolute atomic E-state index is 12.9. The van der Waals surface area contributed by atoms with Crippen molar-refractivity contribution < 1.29 is 9.21 Å². The van der Waals surface area contributed by atoms with Crippen LogP contribution in [-0.2, 0) is 0 Å². The lowest BCUT2D eigenvalue weighted by Gasteiger charge is -2.05. The van der Waals surface area contributed by atoms with E-state index in [9.17, 15) is 4.79 Å². The van der Waals surface area contributed by atoms with Crippen molar-refractivity contribution in [1.82, 2.24) is 20.0 Å². The highest BCUT2D eigenvalue weighted by Crippen LogP contribution is 2.28. The van der Waals surface area contributed by atoms with E-state index in [0.717, 1.165) is 21.1 Å². The molecule has 2 aromatic carbocycles. The molecule has 0 bridgehead atoms. The minimum atomic E-state index is -0.317. The Kier molecular flexibility index (Phi) is 4.25. The first-order valence-electron chi connectivity index (χ1n) is 8.82.